The van der Waals surface area contributed by atoms with Crippen LogP contribution in [-0.4, -0.2) is 9.55 Å². The summed E-state index contributed by atoms with van der Waals surface area (Å²) < 4.78 is 2.23. The van der Waals surface area contributed by atoms with E-state index in [0.29, 0.717) is 0 Å². The molecule has 0 aliphatic rings. The molecule has 4 aromatic rings. The van der Waals surface area contributed by atoms with Crippen molar-refractivity contribution in [3.8, 4) is 0 Å². The minimum absolute atomic E-state index is 0.815. The highest BCUT2D eigenvalue weighted by Crippen LogP contribution is 2.24. The molecule has 3 heteroatoms. The van der Waals surface area contributed by atoms with Crippen molar-refractivity contribution in [3.05, 3.63) is 72.6 Å². The van der Waals surface area contributed by atoms with Crippen molar-refractivity contribution in [3.63, 3.8) is 0 Å². The summed E-state index contributed by atoms with van der Waals surface area (Å²) in [4.78, 5) is 4.42. The Balaban J connectivity index is 1.85. The number of anilines is 1. The van der Waals surface area contributed by atoms with Gasteiger partial charge in [0.2, 0.25) is 0 Å². The lowest BCUT2D eigenvalue weighted by Crippen LogP contribution is -1.99. The molecule has 0 spiro atoms. The molecule has 0 bridgehead atoms. The summed E-state index contributed by atoms with van der Waals surface area (Å²) in [5, 5.41) is 2.31. The Kier molecular flexibility index (Phi) is 2.64. The molecule has 0 aliphatic carbocycles. The smallest absolute Gasteiger partial charge is 0.0705 e. The van der Waals surface area contributed by atoms with E-state index in [1.165, 1.54) is 10.9 Å². The van der Waals surface area contributed by atoms with E-state index in [1.807, 2.05) is 30.5 Å². The highest BCUT2D eigenvalue weighted by molar-refractivity contribution is 5.91. The Morgan fingerprint density at radius 1 is 0.905 bits per heavy atom. The molecule has 0 aliphatic heterocycles. The lowest BCUT2D eigenvalue weighted by molar-refractivity contribution is 0.842. The van der Waals surface area contributed by atoms with E-state index < -0.39 is 0 Å². The summed E-state index contributed by atoms with van der Waals surface area (Å²) in [6, 6.07) is 18.4. The van der Waals surface area contributed by atoms with Gasteiger partial charge in [0.15, 0.2) is 0 Å². The van der Waals surface area contributed by atoms with Crippen LogP contribution in [0.25, 0.3) is 21.8 Å². The molecule has 4 rings (SSSR count). The van der Waals surface area contributed by atoms with Crippen LogP contribution >= 0.6 is 0 Å². The van der Waals surface area contributed by atoms with Crippen LogP contribution < -0.4 is 5.73 Å². The number of nitrogens with two attached hydrogens (primary N) is 1. The number of aromatic nitrogens is 2. The van der Waals surface area contributed by atoms with Crippen molar-refractivity contribution in [1.29, 1.82) is 0 Å². The molecule has 2 heterocycles. The Labute approximate surface area is 122 Å². The largest absolute Gasteiger partial charge is 0.398 e. The predicted octanol–water partition coefficient (Wildman–Crippen LogP) is 3.82. The fraction of sp³-hybridized carbons (Fsp3) is 0.0556. The number of para-hydroxylation sites is 1. The molecule has 2 aromatic heterocycles. The van der Waals surface area contributed by atoms with E-state index in [4.69, 9.17) is 5.73 Å². The first kappa shape index (κ1) is 12.0. The first-order valence-electron chi connectivity index (χ1n) is 6.99. The van der Waals surface area contributed by atoms with Gasteiger partial charge < -0.3 is 10.3 Å². The van der Waals surface area contributed by atoms with Gasteiger partial charge in [-0.05, 0) is 35.9 Å². The lowest BCUT2D eigenvalue weighted by atomic mass is 10.1. The molecule has 2 N–H and O–H groups in total. The van der Waals surface area contributed by atoms with Crippen molar-refractivity contribution in [1.82, 2.24) is 9.55 Å². The highest BCUT2D eigenvalue weighted by Gasteiger charge is 2.06. The molecule has 0 unspecified atom stereocenters. The maximum atomic E-state index is 6.03. The Morgan fingerprint density at radius 2 is 1.81 bits per heavy atom. The number of fused-ring (bicyclic) bond motifs is 2. The molecule has 102 valence electrons. The summed E-state index contributed by atoms with van der Waals surface area (Å²) in [6.45, 7) is 0.815. The first-order chi connectivity index (χ1) is 10.3. The van der Waals surface area contributed by atoms with E-state index in [2.05, 4.69) is 46.1 Å². The molecular weight excluding hydrogens is 258 g/mol. The number of hydrogen-bond acceptors (Lipinski definition) is 2. The molecule has 3 nitrogen and oxygen atoms in total. The number of hydrogen-bond donors (Lipinski definition) is 1. The second-order valence-corrected chi connectivity index (χ2v) is 5.21. The van der Waals surface area contributed by atoms with Gasteiger partial charge in [-0.3, -0.25) is 4.98 Å². The predicted molar refractivity (Wildman–Crippen MR) is 87.2 cm³/mol. The topological polar surface area (TPSA) is 43.8 Å². The second-order valence-electron chi connectivity index (χ2n) is 5.21. The van der Waals surface area contributed by atoms with Crippen molar-refractivity contribution in [2.24, 2.45) is 0 Å². The maximum absolute atomic E-state index is 6.03. The summed E-state index contributed by atoms with van der Waals surface area (Å²) >= 11 is 0. The monoisotopic (exact) mass is 273 g/mol. The fourth-order valence-electron chi connectivity index (χ4n) is 2.86. The van der Waals surface area contributed by atoms with Crippen LogP contribution in [0.3, 0.4) is 0 Å². The third-order valence-electron chi connectivity index (χ3n) is 3.93. The molecule has 0 fully saturated rings. The van der Waals surface area contributed by atoms with E-state index >= 15 is 0 Å². The zero-order valence-electron chi connectivity index (χ0n) is 11.5. The third kappa shape index (κ3) is 1.94. The summed E-state index contributed by atoms with van der Waals surface area (Å²) in [6.07, 6.45) is 3.97. The van der Waals surface area contributed by atoms with Crippen LogP contribution in [0.2, 0.25) is 0 Å². The maximum Gasteiger partial charge on any atom is 0.0705 e. The van der Waals surface area contributed by atoms with Gasteiger partial charge in [-0.25, -0.2) is 0 Å². The van der Waals surface area contributed by atoms with Crippen molar-refractivity contribution >= 4 is 27.5 Å². The fourth-order valence-corrected chi connectivity index (χ4v) is 2.86. The molecule has 0 amide bonds. The van der Waals surface area contributed by atoms with Gasteiger partial charge in [0.1, 0.15) is 0 Å². The van der Waals surface area contributed by atoms with Crippen LogP contribution in [-0.2, 0) is 6.54 Å². The van der Waals surface area contributed by atoms with Crippen molar-refractivity contribution in [2.45, 2.75) is 6.54 Å². The van der Waals surface area contributed by atoms with Crippen LogP contribution in [0.1, 0.15) is 5.56 Å². The Morgan fingerprint density at radius 3 is 2.76 bits per heavy atom. The van der Waals surface area contributed by atoms with E-state index in [1.54, 1.807) is 0 Å². The number of nitrogens with zero attached hydrogens (tertiary/aromatic N) is 2. The summed E-state index contributed by atoms with van der Waals surface area (Å²) in [7, 11) is 0. The zero-order valence-corrected chi connectivity index (χ0v) is 11.5. The van der Waals surface area contributed by atoms with E-state index in [9.17, 15) is 0 Å². The van der Waals surface area contributed by atoms with Gasteiger partial charge in [-0.15, -0.1) is 0 Å². The summed E-state index contributed by atoms with van der Waals surface area (Å²) in [5.41, 5.74) is 10.3. The standard InChI is InChI=1S/C18H15N3/c19-16-5-3-7-18-15(16)9-11-21(18)12-13-8-10-20-17-6-2-1-4-14(13)17/h1-11H,12,19H2. The van der Waals surface area contributed by atoms with E-state index in [-0.39, 0.29) is 0 Å². The van der Waals surface area contributed by atoms with Gasteiger partial charge in [-0.1, -0.05) is 24.3 Å². The number of nitrogen functional groups attached to an aromatic ring is 1. The molecule has 2 aromatic carbocycles. The zero-order chi connectivity index (χ0) is 14.2. The van der Waals surface area contributed by atoms with E-state index in [0.717, 1.165) is 28.7 Å². The van der Waals surface area contributed by atoms with Gasteiger partial charge >= 0.3 is 0 Å². The van der Waals surface area contributed by atoms with Crippen LogP contribution in [0, 0.1) is 0 Å². The Hall–Kier alpha value is -2.81. The number of benzene rings is 2. The van der Waals surface area contributed by atoms with Gasteiger partial charge in [-0.2, -0.15) is 0 Å². The van der Waals surface area contributed by atoms with Crippen LogP contribution in [0.15, 0.2) is 67.0 Å². The quantitative estimate of drug-likeness (QED) is 0.564. The highest BCUT2D eigenvalue weighted by atomic mass is 15.0. The van der Waals surface area contributed by atoms with Crippen LogP contribution in [0.5, 0.6) is 0 Å². The lowest BCUT2D eigenvalue weighted by Gasteiger charge is -2.09. The SMILES string of the molecule is Nc1cccc2c1ccn2Cc1ccnc2ccccc12. The number of pyridine rings is 1. The number of rotatable bonds is 2. The third-order valence-corrected chi connectivity index (χ3v) is 3.93. The minimum atomic E-state index is 0.815. The van der Waals surface area contributed by atoms with Gasteiger partial charge in [0.25, 0.3) is 0 Å². The summed E-state index contributed by atoms with van der Waals surface area (Å²) in [5.74, 6) is 0. The second kappa shape index (κ2) is 4.63. The molecule has 0 radical (unpaired) electrons. The van der Waals surface area contributed by atoms with Crippen molar-refractivity contribution in [2.75, 3.05) is 5.73 Å². The van der Waals surface area contributed by atoms with Gasteiger partial charge in [0.05, 0.1) is 11.0 Å². The average Bonchev–Trinajstić information content (AvgIpc) is 2.92. The molecular formula is C18H15N3. The molecule has 0 atom stereocenters. The van der Waals surface area contributed by atoms with Gasteiger partial charge in [0, 0.05) is 35.4 Å². The molecule has 21 heavy (non-hydrogen) atoms. The average molecular weight is 273 g/mol. The molecule has 0 saturated carbocycles. The minimum Gasteiger partial charge on any atom is -0.398 e. The normalized spacial score (nSPS) is 11.2. The van der Waals surface area contributed by atoms with Crippen molar-refractivity contribution < 1.29 is 0 Å². The first-order valence-corrected chi connectivity index (χ1v) is 6.99. The van der Waals surface area contributed by atoms with Crippen LogP contribution in [0.4, 0.5) is 5.69 Å². The Bertz CT molecular complexity index is 932. The molecule has 0 saturated heterocycles.